The first-order valence-corrected chi connectivity index (χ1v) is 4.45. The van der Waals surface area contributed by atoms with E-state index in [1.54, 1.807) is 0 Å². The lowest BCUT2D eigenvalue weighted by molar-refractivity contribution is 1.44. The maximum atomic E-state index is 4.08. The summed E-state index contributed by atoms with van der Waals surface area (Å²) in [7, 11) is 0. The van der Waals surface area contributed by atoms with Crippen LogP contribution in [0.2, 0.25) is 0 Å². The molecule has 0 bridgehead atoms. The van der Waals surface area contributed by atoms with E-state index in [-0.39, 0.29) is 0 Å². The van der Waals surface area contributed by atoms with Crippen molar-refractivity contribution in [3.63, 3.8) is 0 Å². The molecule has 0 radical (unpaired) electrons. The van der Waals surface area contributed by atoms with Gasteiger partial charge in [0, 0.05) is 11.5 Å². The lowest BCUT2D eigenvalue weighted by Gasteiger charge is -1.96. The molecule has 0 aliphatic rings. The summed E-state index contributed by atoms with van der Waals surface area (Å²) < 4.78 is 0. The summed E-state index contributed by atoms with van der Waals surface area (Å²) in [6.07, 6.45) is 0. The highest BCUT2D eigenvalue weighted by Crippen LogP contribution is 2.05. The third-order valence-corrected chi connectivity index (χ3v) is 2.20. The van der Waals surface area contributed by atoms with E-state index < -0.39 is 0 Å². The highest BCUT2D eigenvalue weighted by Gasteiger charge is 1.87. The van der Waals surface area contributed by atoms with Crippen molar-refractivity contribution >= 4 is 24.4 Å². The van der Waals surface area contributed by atoms with E-state index in [0.29, 0.717) is 0 Å². The summed E-state index contributed by atoms with van der Waals surface area (Å²) >= 11 is 5.97. The molecular weight excluding hydrogens is 136 g/mol. The lowest BCUT2D eigenvalue weighted by atomic mass is 10.4. The first-order chi connectivity index (χ1) is 3.81. The molecule has 0 saturated heterocycles. The fourth-order valence-corrected chi connectivity index (χ4v) is 1.15. The van der Waals surface area contributed by atoms with Crippen LogP contribution in [0.4, 0.5) is 0 Å². The fourth-order valence-electron chi connectivity index (χ4n) is 0.292. The second-order valence-electron chi connectivity index (χ2n) is 1.55. The minimum absolute atomic E-state index is 0.826. The van der Waals surface area contributed by atoms with Gasteiger partial charge in [0.05, 0.1) is 0 Å². The number of thiol groups is 1. The third-order valence-electron chi connectivity index (χ3n) is 0.734. The topological polar surface area (TPSA) is 0 Å². The van der Waals surface area contributed by atoms with Crippen molar-refractivity contribution in [2.45, 2.75) is 6.92 Å². The molecule has 0 aliphatic carbocycles. The molecule has 0 heterocycles. The van der Waals surface area contributed by atoms with Gasteiger partial charge in [0.2, 0.25) is 0 Å². The van der Waals surface area contributed by atoms with Gasteiger partial charge in [0.15, 0.2) is 0 Å². The Morgan fingerprint density at radius 3 is 2.75 bits per heavy atom. The molecule has 0 saturated carbocycles. The summed E-state index contributed by atoms with van der Waals surface area (Å²) in [5.41, 5.74) is 1.22. The van der Waals surface area contributed by atoms with Gasteiger partial charge >= 0.3 is 0 Å². The molecule has 0 aromatic rings. The molecule has 0 aliphatic heterocycles. The molecule has 8 heavy (non-hydrogen) atoms. The molecule has 0 atom stereocenters. The van der Waals surface area contributed by atoms with Crippen molar-refractivity contribution in [3.8, 4) is 0 Å². The second kappa shape index (κ2) is 5.57. The molecule has 0 rings (SSSR count). The minimum atomic E-state index is 0.826. The number of hydrogen-bond acceptors (Lipinski definition) is 2. The molecule has 0 spiro atoms. The molecule has 0 amide bonds. The monoisotopic (exact) mass is 148 g/mol. The summed E-state index contributed by atoms with van der Waals surface area (Å²) in [6, 6.07) is 0. The van der Waals surface area contributed by atoms with Crippen molar-refractivity contribution in [2.75, 3.05) is 17.3 Å². The van der Waals surface area contributed by atoms with Crippen LogP contribution in [0.25, 0.3) is 0 Å². The van der Waals surface area contributed by atoms with Gasteiger partial charge in [-0.3, -0.25) is 0 Å². The molecule has 0 unspecified atom stereocenters. The maximum absolute atomic E-state index is 4.08. The Kier molecular flexibility index (Phi) is 5.88. The predicted octanol–water partition coefficient (Wildman–Crippen LogP) is 2.23. The smallest absolute Gasteiger partial charge is 0.0148 e. The van der Waals surface area contributed by atoms with Crippen molar-refractivity contribution < 1.29 is 0 Å². The van der Waals surface area contributed by atoms with Crippen LogP contribution in [-0.4, -0.2) is 17.3 Å². The molecule has 0 nitrogen and oxygen atoms in total. The van der Waals surface area contributed by atoms with Gasteiger partial charge in [-0.1, -0.05) is 19.1 Å². The fraction of sp³-hybridized carbons (Fsp3) is 0.667. The number of rotatable bonds is 4. The Labute approximate surface area is 61.2 Å². The molecule has 0 aromatic heterocycles. The van der Waals surface area contributed by atoms with E-state index in [9.17, 15) is 0 Å². The Morgan fingerprint density at radius 2 is 2.38 bits per heavy atom. The van der Waals surface area contributed by atoms with Crippen LogP contribution in [0.1, 0.15) is 6.92 Å². The second-order valence-corrected chi connectivity index (χ2v) is 3.14. The average Bonchev–Trinajstić information content (AvgIpc) is 1.83. The zero-order valence-corrected chi connectivity index (χ0v) is 6.89. The molecule has 0 aromatic carbocycles. The number of hydrogen-bond donors (Lipinski definition) is 1. The van der Waals surface area contributed by atoms with Crippen LogP contribution in [0.5, 0.6) is 0 Å². The van der Waals surface area contributed by atoms with E-state index in [1.165, 1.54) is 11.3 Å². The van der Waals surface area contributed by atoms with Gasteiger partial charge in [0.1, 0.15) is 0 Å². The first-order valence-electron chi connectivity index (χ1n) is 2.66. The summed E-state index contributed by atoms with van der Waals surface area (Å²) in [4.78, 5) is 0. The first kappa shape index (κ1) is 8.44. The molecular formula is C6H12S2. The van der Waals surface area contributed by atoms with Crippen molar-refractivity contribution in [3.05, 3.63) is 12.2 Å². The van der Waals surface area contributed by atoms with Crippen LogP contribution in [0.3, 0.4) is 0 Å². The van der Waals surface area contributed by atoms with Crippen LogP contribution < -0.4 is 0 Å². The molecule has 2 heteroatoms. The van der Waals surface area contributed by atoms with Crippen LogP contribution in [-0.2, 0) is 0 Å². The van der Waals surface area contributed by atoms with Gasteiger partial charge in [-0.05, 0) is 5.75 Å². The molecule has 0 N–H and O–H groups in total. The lowest BCUT2D eigenvalue weighted by Crippen LogP contribution is -1.85. The normalized spacial score (nSPS) is 9.25. The number of thioether (sulfide) groups is 1. The third kappa shape index (κ3) is 4.60. The average molecular weight is 148 g/mol. The van der Waals surface area contributed by atoms with E-state index in [1.807, 2.05) is 11.8 Å². The minimum Gasteiger partial charge on any atom is -0.175 e. The Bertz CT molecular complexity index is 68.9. The van der Waals surface area contributed by atoms with Gasteiger partial charge in [-0.25, -0.2) is 0 Å². The van der Waals surface area contributed by atoms with E-state index in [0.717, 1.165) is 11.5 Å². The van der Waals surface area contributed by atoms with Crippen LogP contribution in [0.15, 0.2) is 12.2 Å². The largest absolute Gasteiger partial charge is 0.175 e. The Balaban J connectivity index is 2.99. The van der Waals surface area contributed by atoms with Crippen molar-refractivity contribution in [1.82, 2.24) is 0 Å². The summed E-state index contributed by atoms with van der Waals surface area (Å²) in [6.45, 7) is 5.96. The summed E-state index contributed by atoms with van der Waals surface area (Å²) in [5, 5.41) is 0. The maximum Gasteiger partial charge on any atom is 0.0148 e. The zero-order chi connectivity index (χ0) is 6.41. The van der Waals surface area contributed by atoms with Gasteiger partial charge in [-0.2, -0.15) is 24.4 Å². The van der Waals surface area contributed by atoms with E-state index in [2.05, 4.69) is 26.1 Å². The van der Waals surface area contributed by atoms with E-state index >= 15 is 0 Å². The highest BCUT2D eigenvalue weighted by molar-refractivity contribution is 7.99. The highest BCUT2D eigenvalue weighted by atomic mass is 32.2. The zero-order valence-electron chi connectivity index (χ0n) is 5.18. The predicted molar refractivity (Wildman–Crippen MR) is 46.0 cm³/mol. The Morgan fingerprint density at radius 1 is 1.75 bits per heavy atom. The van der Waals surface area contributed by atoms with Crippen molar-refractivity contribution in [1.29, 1.82) is 0 Å². The standard InChI is InChI=1S/C6H12S2/c1-3-8-5-6(2)4-7/h7H,2-5H2,1H3. The van der Waals surface area contributed by atoms with Crippen LogP contribution >= 0.6 is 24.4 Å². The molecule has 0 fully saturated rings. The van der Waals surface area contributed by atoms with Gasteiger partial charge in [-0.15, -0.1) is 0 Å². The quantitative estimate of drug-likeness (QED) is 0.471. The Hall–Kier alpha value is 0.440. The van der Waals surface area contributed by atoms with Gasteiger partial charge in [0.25, 0.3) is 0 Å². The van der Waals surface area contributed by atoms with E-state index in [4.69, 9.17) is 0 Å². The summed E-state index contributed by atoms with van der Waals surface area (Å²) in [5.74, 6) is 3.07. The molecule has 48 valence electrons. The van der Waals surface area contributed by atoms with Crippen LogP contribution in [0, 0.1) is 0 Å². The SMILES string of the molecule is C=C(CS)CSCC. The van der Waals surface area contributed by atoms with Crippen molar-refractivity contribution in [2.24, 2.45) is 0 Å². The van der Waals surface area contributed by atoms with Gasteiger partial charge < -0.3 is 0 Å².